The van der Waals surface area contributed by atoms with E-state index in [0.717, 1.165) is 5.82 Å². The Balaban J connectivity index is 1.42. The Hall–Kier alpha value is -4.60. The average molecular weight is 416 g/mol. The van der Waals surface area contributed by atoms with Crippen molar-refractivity contribution in [3.8, 4) is 17.4 Å². The Morgan fingerprint density at radius 2 is 1.81 bits per heavy atom. The van der Waals surface area contributed by atoms with Crippen molar-refractivity contribution in [2.24, 2.45) is 0 Å². The monoisotopic (exact) mass is 416 g/mol. The molecular weight excluding hydrogens is 400 g/mol. The number of nitro groups is 1. The van der Waals surface area contributed by atoms with E-state index in [2.05, 4.69) is 20.3 Å². The second-order valence-electron chi connectivity index (χ2n) is 6.44. The summed E-state index contributed by atoms with van der Waals surface area (Å²) in [5.74, 6) is 1.94. The molecule has 0 aliphatic heterocycles. The van der Waals surface area contributed by atoms with Crippen LogP contribution in [-0.4, -0.2) is 30.3 Å². The number of carbonyl (C=O) groups excluding carboxylic acids is 1. The van der Waals surface area contributed by atoms with E-state index >= 15 is 0 Å². The fourth-order valence-corrected chi connectivity index (χ4v) is 2.80. The lowest BCUT2D eigenvalue weighted by atomic mass is 10.2. The van der Waals surface area contributed by atoms with E-state index in [0.29, 0.717) is 28.7 Å². The van der Waals surface area contributed by atoms with Crippen LogP contribution in [0.3, 0.4) is 0 Å². The highest BCUT2D eigenvalue weighted by atomic mass is 16.6. The van der Waals surface area contributed by atoms with Crippen molar-refractivity contribution in [3.05, 3.63) is 94.8 Å². The first kappa shape index (κ1) is 19.7. The second kappa shape index (κ2) is 8.41. The van der Waals surface area contributed by atoms with Crippen molar-refractivity contribution in [2.75, 3.05) is 5.32 Å². The lowest BCUT2D eigenvalue weighted by Crippen LogP contribution is -2.11. The molecule has 31 heavy (non-hydrogen) atoms. The van der Waals surface area contributed by atoms with Crippen LogP contribution in [-0.2, 0) is 0 Å². The summed E-state index contributed by atoms with van der Waals surface area (Å²) in [5.41, 5.74) is 0.788. The number of imidazole rings is 1. The summed E-state index contributed by atoms with van der Waals surface area (Å²) < 4.78 is 7.59. The third-order valence-corrected chi connectivity index (χ3v) is 4.38. The number of anilines is 1. The van der Waals surface area contributed by atoms with Gasteiger partial charge in [0.1, 0.15) is 23.7 Å². The van der Waals surface area contributed by atoms with E-state index in [1.54, 1.807) is 42.7 Å². The summed E-state index contributed by atoms with van der Waals surface area (Å²) in [6, 6.07) is 13.8. The van der Waals surface area contributed by atoms with Crippen LogP contribution in [0.1, 0.15) is 16.2 Å². The van der Waals surface area contributed by atoms with Crippen LogP contribution < -0.4 is 10.1 Å². The van der Waals surface area contributed by atoms with E-state index in [1.807, 2.05) is 11.5 Å². The number of hydrogen-bond donors (Lipinski definition) is 1. The molecule has 0 radical (unpaired) electrons. The smallest absolute Gasteiger partial charge is 0.269 e. The van der Waals surface area contributed by atoms with Crippen molar-refractivity contribution in [3.63, 3.8) is 0 Å². The van der Waals surface area contributed by atoms with E-state index in [1.165, 1.54) is 30.6 Å². The van der Waals surface area contributed by atoms with E-state index in [4.69, 9.17) is 4.74 Å². The molecule has 0 spiro atoms. The van der Waals surface area contributed by atoms with Gasteiger partial charge < -0.3 is 10.1 Å². The van der Waals surface area contributed by atoms with Crippen molar-refractivity contribution in [1.29, 1.82) is 0 Å². The van der Waals surface area contributed by atoms with E-state index in [9.17, 15) is 14.9 Å². The molecule has 0 atom stereocenters. The van der Waals surface area contributed by atoms with Gasteiger partial charge in [0.05, 0.1) is 4.92 Å². The SMILES string of the molecule is Cc1nccn1-c1cc(Oc2ccc(NC(=O)c3ccc([N+](=O)[O-])cc3)cc2)ncn1. The van der Waals surface area contributed by atoms with Crippen molar-refractivity contribution in [1.82, 2.24) is 19.5 Å². The minimum absolute atomic E-state index is 0.0749. The molecule has 4 rings (SSSR count). The molecule has 0 bridgehead atoms. The van der Waals surface area contributed by atoms with Crippen LogP contribution in [0.2, 0.25) is 0 Å². The van der Waals surface area contributed by atoms with Gasteiger partial charge in [-0.2, -0.15) is 0 Å². The summed E-state index contributed by atoms with van der Waals surface area (Å²) in [7, 11) is 0. The van der Waals surface area contributed by atoms with Crippen LogP contribution in [0.25, 0.3) is 5.82 Å². The van der Waals surface area contributed by atoms with E-state index < -0.39 is 4.92 Å². The van der Waals surface area contributed by atoms with Crippen LogP contribution in [0, 0.1) is 17.0 Å². The maximum Gasteiger partial charge on any atom is 0.269 e. The molecule has 2 aromatic heterocycles. The summed E-state index contributed by atoms with van der Waals surface area (Å²) in [6.07, 6.45) is 4.88. The molecule has 4 aromatic rings. The number of nitrogens with zero attached hydrogens (tertiary/aromatic N) is 5. The Morgan fingerprint density at radius 1 is 1.06 bits per heavy atom. The van der Waals surface area contributed by atoms with Gasteiger partial charge in [0.2, 0.25) is 5.88 Å². The van der Waals surface area contributed by atoms with Gasteiger partial charge in [-0.05, 0) is 43.3 Å². The predicted molar refractivity (Wildman–Crippen MR) is 111 cm³/mol. The van der Waals surface area contributed by atoms with Crippen LogP contribution in [0.4, 0.5) is 11.4 Å². The largest absolute Gasteiger partial charge is 0.439 e. The highest BCUT2D eigenvalue weighted by Gasteiger charge is 2.10. The lowest BCUT2D eigenvalue weighted by Gasteiger charge is -2.09. The van der Waals surface area contributed by atoms with Gasteiger partial charge in [-0.1, -0.05) is 0 Å². The van der Waals surface area contributed by atoms with Crippen LogP contribution >= 0.6 is 0 Å². The predicted octanol–water partition coefficient (Wildman–Crippen LogP) is 3.92. The normalized spacial score (nSPS) is 10.5. The Morgan fingerprint density at radius 3 is 2.45 bits per heavy atom. The third-order valence-electron chi connectivity index (χ3n) is 4.38. The van der Waals surface area contributed by atoms with Crippen LogP contribution in [0.5, 0.6) is 11.6 Å². The first-order valence-corrected chi connectivity index (χ1v) is 9.16. The molecule has 2 heterocycles. The summed E-state index contributed by atoms with van der Waals surface area (Å²) in [5, 5.41) is 13.4. The number of benzene rings is 2. The molecule has 0 saturated heterocycles. The average Bonchev–Trinajstić information content (AvgIpc) is 3.21. The molecule has 2 aromatic carbocycles. The topological polar surface area (TPSA) is 125 Å². The number of nitrogens with one attached hydrogen (secondary N) is 1. The Bertz CT molecular complexity index is 1240. The zero-order valence-electron chi connectivity index (χ0n) is 16.3. The first-order chi connectivity index (χ1) is 15.0. The Labute approximate surface area is 176 Å². The molecule has 0 aliphatic rings. The first-order valence-electron chi connectivity index (χ1n) is 9.16. The zero-order valence-corrected chi connectivity index (χ0v) is 16.3. The lowest BCUT2D eigenvalue weighted by molar-refractivity contribution is -0.384. The molecule has 10 nitrogen and oxygen atoms in total. The molecule has 0 aliphatic carbocycles. The molecule has 0 fully saturated rings. The Kier molecular flexibility index (Phi) is 5.35. The second-order valence-corrected chi connectivity index (χ2v) is 6.44. The van der Waals surface area contributed by atoms with Crippen molar-refractivity contribution < 1.29 is 14.5 Å². The summed E-state index contributed by atoms with van der Waals surface area (Å²) >= 11 is 0. The number of aryl methyl sites for hydroxylation is 1. The number of ether oxygens (including phenoxy) is 1. The van der Waals surface area contributed by atoms with Crippen LogP contribution in [0.15, 0.2) is 73.3 Å². The molecular formula is C21H16N6O4. The van der Waals surface area contributed by atoms with Gasteiger partial charge in [-0.25, -0.2) is 15.0 Å². The third kappa shape index (κ3) is 4.53. The fourth-order valence-electron chi connectivity index (χ4n) is 2.80. The number of nitro benzene ring substituents is 1. The molecule has 0 saturated carbocycles. The highest BCUT2D eigenvalue weighted by Crippen LogP contribution is 2.23. The molecule has 10 heteroatoms. The molecule has 1 amide bonds. The van der Waals surface area contributed by atoms with Gasteiger partial charge >= 0.3 is 0 Å². The zero-order chi connectivity index (χ0) is 21.8. The molecule has 154 valence electrons. The van der Waals surface area contributed by atoms with Gasteiger partial charge in [-0.3, -0.25) is 19.5 Å². The number of rotatable bonds is 6. The van der Waals surface area contributed by atoms with Gasteiger partial charge in [0.25, 0.3) is 11.6 Å². The number of non-ortho nitro benzene ring substituents is 1. The van der Waals surface area contributed by atoms with Gasteiger partial charge in [-0.15, -0.1) is 0 Å². The minimum atomic E-state index is -0.516. The minimum Gasteiger partial charge on any atom is -0.439 e. The highest BCUT2D eigenvalue weighted by molar-refractivity contribution is 6.04. The maximum absolute atomic E-state index is 12.3. The van der Waals surface area contributed by atoms with Crippen molar-refractivity contribution in [2.45, 2.75) is 6.92 Å². The molecule has 0 unspecified atom stereocenters. The number of hydrogen-bond acceptors (Lipinski definition) is 7. The number of amides is 1. The standard InChI is InChI=1S/C21H16N6O4/c1-14-22-10-11-26(14)19-12-20(24-13-23-19)31-18-8-4-16(5-9-18)25-21(28)15-2-6-17(7-3-15)27(29)30/h2-13H,1H3,(H,25,28). The fraction of sp³-hybridized carbons (Fsp3) is 0.0476. The maximum atomic E-state index is 12.3. The summed E-state index contributed by atoms with van der Waals surface area (Å²) in [4.78, 5) is 35.0. The number of carbonyl (C=O) groups is 1. The van der Waals surface area contributed by atoms with Gasteiger partial charge in [0, 0.05) is 41.8 Å². The quantitative estimate of drug-likeness (QED) is 0.373. The summed E-state index contributed by atoms with van der Waals surface area (Å²) in [6.45, 7) is 1.87. The van der Waals surface area contributed by atoms with Crippen molar-refractivity contribution >= 4 is 17.3 Å². The van der Waals surface area contributed by atoms with Gasteiger partial charge in [0.15, 0.2) is 0 Å². The van der Waals surface area contributed by atoms with E-state index in [-0.39, 0.29) is 11.6 Å². The molecule has 1 N–H and O–H groups in total. The number of aromatic nitrogens is 4.